The lowest BCUT2D eigenvalue weighted by molar-refractivity contribution is 0.0256. The molecule has 2 amide bonds. The highest BCUT2D eigenvalue weighted by Gasteiger charge is 2.30. The molecule has 0 atom stereocenters. The molecule has 202 valence electrons. The monoisotopic (exact) mass is 527 g/mol. The number of urea groups is 1. The Balaban J connectivity index is 1.28. The van der Waals surface area contributed by atoms with Gasteiger partial charge in [-0.15, -0.1) is 10.2 Å². The summed E-state index contributed by atoms with van der Waals surface area (Å²) >= 11 is 0. The molecule has 0 bridgehead atoms. The van der Waals surface area contributed by atoms with Crippen molar-refractivity contribution >= 4 is 22.6 Å². The van der Waals surface area contributed by atoms with Crippen LogP contribution >= 0.6 is 0 Å². The highest BCUT2D eigenvalue weighted by atomic mass is 16.5. The van der Waals surface area contributed by atoms with Gasteiger partial charge < -0.3 is 24.7 Å². The van der Waals surface area contributed by atoms with Crippen LogP contribution in [0.3, 0.4) is 0 Å². The van der Waals surface area contributed by atoms with Gasteiger partial charge in [-0.25, -0.2) is 4.79 Å². The topological polar surface area (TPSA) is 119 Å². The van der Waals surface area contributed by atoms with E-state index in [2.05, 4.69) is 60.1 Å². The van der Waals surface area contributed by atoms with Crippen molar-refractivity contribution in [2.45, 2.75) is 69.6 Å². The van der Waals surface area contributed by atoms with Crippen molar-refractivity contribution in [2.75, 3.05) is 18.5 Å². The zero-order valence-electron chi connectivity index (χ0n) is 21.9. The average molecular weight is 528 g/mol. The number of tetrazole rings is 1. The number of nitrogens with zero attached hydrogens (tertiary/aromatic N) is 4. The summed E-state index contributed by atoms with van der Waals surface area (Å²) in [6.07, 6.45) is 8.71. The molecule has 2 aromatic carbocycles. The molecule has 39 heavy (non-hydrogen) atoms. The summed E-state index contributed by atoms with van der Waals surface area (Å²) in [5.41, 5.74) is 4.92. The lowest BCUT2D eigenvalue weighted by Gasteiger charge is -2.30. The molecule has 10 heteroatoms. The molecule has 2 aliphatic carbocycles. The van der Waals surface area contributed by atoms with Crippen molar-refractivity contribution < 1.29 is 14.3 Å². The largest absolute Gasteiger partial charge is 0.490 e. The Kier molecular flexibility index (Phi) is 6.40. The van der Waals surface area contributed by atoms with E-state index in [-0.39, 0.29) is 12.1 Å². The first kappa shape index (κ1) is 24.1. The standard InChI is InChI=1S/C29H33N7O3/c37-29(30-19-3-1-4-19)31-20-9-7-18(8-10-20)27-26(28-32-34-35-33-28)24-12-11-23(39-22-13-15-38-16-14-22)17-25(24)36(27)21-5-2-6-21/h7-12,17,19,21-22H,1-6,13-16H2,(H2,30,31,37)(H,32,33,34,35). The van der Waals surface area contributed by atoms with Crippen molar-refractivity contribution in [1.82, 2.24) is 30.5 Å². The number of fused-ring (bicyclic) bond motifs is 1. The van der Waals surface area contributed by atoms with Crippen molar-refractivity contribution in [1.29, 1.82) is 0 Å². The number of anilines is 1. The zero-order valence-corrected chi connectivity index (χ0v) is 21.9. The maximum absolute atomic E-state index is 12.4. The molecule has 7 rings (SSSR count). The smallest absolute Gasteiger partial charge is 0.319 e. The SMILES string of the molecule is O=C(Nc1ccc(-c2c(-c3nn[nH]n3)c3ccc(OC4CCOCC4)cc3n2C2CCC2)cc1)NC1CCC1. The highest BCUT2D eigenvalue weighted by Crippen LogP contribution is 2.46. The first-order valence-electron chi connectivity index (χ1n) is 14.1. The van der Waals surface area contributed by atoms with Gasteiger partial charge in [0.2, 0.25) is 5.82 Å². The van der Waals surface area contributed by atoms with Crippen molar-refractivity contribution in [2.24, 2.45) is 0 Å². The van der Waals surface area contributed by atoms with Gasteiger partial charge in [0.25, 0.3) is 0 Å². The molecule has 0 radical (unpaired) electrons. The zero-order chi connectivity index (χ0) is 26.2. The number of rotatable bonds is 7. The molecule has 3 N–H and O–H groups in total. The van der Waals surface area contributed by atoms with Gasteiger partial charge in [0.1, 0.15) is 11.9 Å². The maximum Gasteiger partial charge on any atom is 0.319 e. The fourth-order valence-corrected chi connectivity index (χ4v) is 5.77. The van der Waals surface area contributed by atoms with Crippen LogP contribution in [0, 0.1) is 0 Å². The molecule has 3 heterocycles. The molecule has 3 aliphatic rings. The van der Waals surface area contributed by atoms with Gasteiger partial charge in [-0.3, -0.25) is 0 Å². The van der Waals surface area contributed by atoms with Crippen LogP contribution in [0.1, 0.15) is 57.4 Å². The van der Waals surface area contributed by atoms with Crippen LogP contribution in [0.5, 0.6) is 5.75 Å². The van der Waals surface area contributed by atoms with E-state index >= 15 is 0 Å². The molecular formula is C29H33N7O3. The number of benzene rings is 2. The fraction of sp³-hybridized carbons (Fsp3) is 0.448. The third kappa shape index (κ3) is 4.73. The first-order chi connectivity index (χ1) is 19.2. The third-order valence-corrected chi connectivity index (χ3v) is 8.31. The molecular weight excluding hydrogens is 494 g/mol. The summed E-state index contributed by atoms with van der Waals surface area (Å²) < 4.78 is 14.3. The van der Waals surface area contributed by atoms with Gasteiger partial charge in [0.15, 0.2) is 0 Å². The number of hydrogen-bond donors (Lipinski definition) is 3. The lowest BCUT2D eigenvalue weighted by atomic mass is 9.92. The molecule has 0 spiro atoms. The van der Waals surface area contributed by atoms with E-state index in [4.69, 9.17) is 9.47 Å². The molecule has 1 aliphatic heterocycles. The van der Waals surface area contributed by atoms with Crippen LogP contribution in [0.2, 0.25) is 0 Å². The fourth-order valence-electron chi connectivity index (χ4n) is 5.77. The van der Waals surface area contributed by atoms with E-state index in [1.54, 1.807) is 0 Å². The Bertz CT molecular complexity index is 1450. The number of carbonyl (C=O) groups excluding carboxylic acids is 1. The van der Waals surface area contributed by atoms with Crippen LogP contribution in [-0.4, -0.2) is 56.6 Å². The normalized spacial score (nSPS) is 18.5. The average Bonchev–Trinajstić information content (AvgIpc) is 3.53. The van der Waals surface area contributed by atoms with E-state index in [0.29, 0.717) is 17.9 Å². The van der Waals surface area contributed by atoms with Gasteiger partial charge in [-0.2, -0.15) is 5.21 Å². The Morgan fingerprint density at radius 3 is 2.46 bits per heavy atom. The molecule has 4 aromatic rings. The molecule has 10 nitrogen and oxygen atoms in total. The van der Waals surface area contributed by atoms with Gasteiger partial charge in [-0.05, 0) is 73.6 Å². The summed E-state index contributed by atoms with van der Waals surface area (Å²) in [6, 6.07) is 14.9. The number of aromatic nitrogens is 5. The Hall–Kier alpha value is -3.92. The number of aromatic amines is 1. The number of ether oxygens (including phenoxy) is 2. The minimum Gasteiger partial charge on any atom is -0.490 e. The Labute approximate surface area is 226 Å². The first-order valence-corrected chi connectivity index (χ1v) is 14.1. The van der Waals surface area contributed by atoms with Gasteiger partial charge in [-0.1, -0.05) is 12.1 Å². The third-order valence-electron chi connectivity index (χ3n) is 8.31. The molecule has 2 saturated carbocycles. The predicted octanol–water partition coefficient (Wildman–Crippen LogP) is 5.45. The summed E-state index contributed by atoms with van der Waals surface area (Å²) in [5.74, 6) is 1.43. The van der Waals surface area contributed by atoms with Crippen LogP contribution < -0.4 is 15.4 Å². The van der Waals surface area contributed by atoms with E-state index in [0.717, 1.165) is 90.9 Å². The quantitative estimate of drug-likeness (QED) is 0.294. The van der Waals surface area contributed by atoms with E-state index in [1.807, 2.05) is 18.2 Å². The second-order valence-electron chi connectivity index (χ2n) is 10.8. The summed E-state index contributed by atoms with van der Waals surface area (Å²) in [4.78, 5) is 12.4. The molecule has 0 unspecified atom stereocenters. The second kappa shape index (κ2) is 10.3. The minimum atomic E-state index is -0.152. The highest BCUT2D eigenvalue weighted by molar-refractivity contribution is 6.04. The molecule has 1 saturated heterocycles. The number of hydrogen-bond acceptors (Lipinski definition) is 6. The van der Waals surface area contributed by atoms with Gasteiger partial charge in [0.05, 0.1) is 30.0 Å². The molecule has 3 fully saturated rings. The van der Waals surface area contributed by atoms with E-state index < -0.39 is 0 Å². The Morgan fingerprint density at radius 2 is 1.79 bits per heavy atom. The predicted molar refractivity (Wildman–Crippen MR) is 148 cm³/mol. The van der Waals surface area contributed by atoms with Crippen molar-refractivity contribution in [3.8, 4) is 28.4 Å². The molecule has 2 aromatic heterocycles. The van der Waals surface area contributed by atoms with Gasteiger partial charge in [0, 0.05) is 42.1 Å². The van der Waals surface area contributed by atoms with Crippen LogP contribution in [0.4, 0.5) is 10.5 Å². The van der Waals surface area contributed by atoms with Crippen LogP contribution in [0.15, 0.2) is 42.5 Å². The number of carbonyl (C=O) groups is 1. The summed E-state index contributed by atoms with van der Waals surface area (Å²) in [5, 5.41) is 22.3. The van der Waals surface area contributed by atoms with Crippen LogP contribution in [0.25, 0.3) is 33.5 Å². The lowest BCUT2D eigenvalue weighted by Crippen LogP contribution is -2.41. The van der Waals surface area contributed by atoms with Crippen molar-refractivity contribution in [3.05, 3.63) is 42.5 Å². The van der Waals surface area contributed by atoms with E-state index in [1.165, 1.54) is 12.8 Å². The summed E-state index contributed by atoms with van der Waals surface area (Å²) in [6.45, 7) is 1.48. The second-order valence-corrected chi connectivity index (χ2v) is 10.8. The number of nitrogens with one attached hydrogen (secondary N) is 3. The van der Waals surface area contributed by atoms with E-state index in [9.17, 15) is 4.79 Å². The van der Waals surface area contributed by atoms with Gasteiger partial charge >= 0.3 is 6.03 Å². The minimum absolute atomic E-state index is 0.152. The Morgan fingerprint density at radius 1 is 1.00 bits per heavy atom. The van der Waals surface area contributed by atoms with Crippen LogP contribution in [-0.2, 0) is 4.74 Å². The summed E-state index contributed by atoms with van der Waals surface area (Å²) in [7, 11) is 0. The maximum atomic E-state index is 12.4. The number of amides is 2. The number of H-pyrrole nitrogens is 1. The van der Waals surface area contributed by atoms with Crippen molar-refractivity contribution in [3.63, 3.8) is 0 Å².